The lowest BCUT2D eigenvalue weighted by atomic mass is 10.1. The maximum absolute atomic E-state index is 5.92. The van der Waals surface area contributed by atoms with Crippen LogP contribution in [0.4, 0.5) is 0 Å². The Balaban J connectivity index is 1.50. The summed E-state index contributed by atoms with van der Waals surface area (Å²) >= 11 is 5.92. The maximum Gasteiger partial charge on any atom is 0.157 e. The van der Waals surface area contributed by atoms with E-state index in [0.29, 0.717) is 6.61 Å². The molecule has 1 unspecified atom stereocenters. The summed E-state index contributed by atoms with van der Waals surface area (Å²) in [7, 11) is 0. The highest BCUT2D eigenvalue weighted by Gasteiger charge is 2.13. The number of aromatic nitrogens is 2. The van der Waals surface area contributed by atoms with Gasteiger partial charge in [0.25, 0.3) is 0 Å². The van der Waals surface area contributed by atoms with Crippen LogP contribution >= 0.6 is 11.6 Å². The summed E-state index contributed by atoms with van der Waals surface area (Å²) in [6.45, 7) is 1.52. The van der Waals surface area contributed by atoms with E-state index in [2.05, 4.69) is 9.97 Å². The third-order valence-electron chi connectivity index (χ3n) is 3.88. The van der Waals surface area contributed by atoms with E-state index in [1.807, 2.05) is 30.3 Å². The number of ether oxygens (including phenoxy) is 2. The quantitative estimate of drug-likeness (QED) is 0.741. The number of benzene rings is 1. The number of nitrogens with zero attached hydrogens (tertiary/aromatic N) is 2. The van der Waals surface area contributed by atoms with Gasteiger partial charge in [0.05, 0.1) is 12.3 Å². The molecule has 1 saturated heterocycles. The van der Waals surface area contributed by atoms with Gasteiger partial charge >= 0.3 is 0 Å². The van der Waals surface area contributed by atoms with Gasteiger partial charge in [-0.15, -0.1) is 0 Å². The Bertz CT molecular complexity index is 613. The van der Waals surface area contributed by atoms with Gasteiger partial charge in [0.1, 0.15) is 6.33 Å². The number of hydrogen-bond acceptors (Lipinski definition) is 4. The van der Waals surface area contributed by atoms with Crippen LogP contribution in [-0.2, 0) is 15.9 Å². The van der Waals surface area contributed by atoms with E-state index in [-0.39, 0.29) is 6.29 Å². The van der Waals surface area contributed by atoms with Crippen molar-refractivity contribution < 1.29 is 9.47 Å². The lowest BCUT2D eigenvalue weighted by molar-refractivity contribution is -0.162. The molecular weight excluding hydrogens is 312 g/mol. The molecule has 1 fully saturated rings. The summed E-state index contributed by atoms with van der Waals surface area (Å²) in [4.78, 5) is 8.68. The zero-order valence-corrected chi connectivity index (χ0v) is 13.8. The van der Waals surface area contributed by atoms with E-state index >= 15 is 0 Å². The molecule has 0 aliphatic carbocycles. The molecule has 122 valence electrons. The Labute approximate surface area is 141 Å². The fourth-order valence-corrected chi connectivity index (χ4v) is 2.75. The van der Waals surface area contributed by atoms with Crippen molar-refractivity contribution in [3.05, 3.63) is 47.4 Å². The third-order valence-corrected chi connectivity index (χ3v) is 4.13. The minimum atomic E-state index is -0.0150. The Morgan fingerprint density at radius 2 is 2.04 bits per heavy atom. The second-order valence-corrected chi connectivity index (χ2v) is 6.11. The first-order valence-corrected chi connectivity index (χ1v) is 8.49. The molecule has 0 amide bonds. The van der Waals surface area contributed by atoms with Gasteiger partial charge in [-0.1, -0.05) is 23.7 Å². The highest BCUT2D eigenvalue weighted by molar-refractivity contribution is 6.30. The normalized spacial score (nSPS) is 18.0. The Morgan fingerprint density at radius 3 is 2.83 bits per heavy atom. The van der Waals surface area contributed by atoms with Crippen molar-refractivity contribution in [3.8, 4) is 11.3 Å². The standard InChI is InChI=1S/C18H21ClN2O2/c19-15-8-6-14(7-9-15)17-12-16(20-13-21-17)4-3-11-23-18-5-1-2-10-22-18/h6-9,12-13,18H,1-5,10-11H2. The van der Waals surface area contributed by atoms with Gasteiger partial charge in [0, 0.05) is 22.9 Å². The van der Waals surface area contributed by atoms with E-state index in [9.17, 15) is 0 Å². The molecule has 0 saturated carbocycles. The van der Waals surface area contributed by atoms with Gasteiger partial charge in [-0.05, 0) is 50.3 Å². The second kappa shape index (κ2) is 8.39. The predicted octanol–water partition coefficient (Wildman–Crippen LogP) is 4.27. The van der Waals surface area contributed by atoms with Gasteiger partial charge in [0.2, 0.25) is 0 Å². The Hall–Kier alpha value is -1.49. The predicted molar refractivity (Wildman–Crippen MR) is 90.3 cm³/mol. The van der Waals surface area contributed by atoms with Crippen LogP contribution < -0.4 is 0 Å². The van der Waals surface area contributed by atoms with Crippen molar-refractivity contribution in [2.24, 2.45) is 0 Å². The number of rotatable bonds is 6. The average molecular weight is 333 g/mol. The molecule has 2 heterocycles. The monoisotopic (exact) mass is 332 g/mol. The first-order valence-electron chi connectivity index (χ1n) is 8.11. The van der Waals surface area contributed by atoms with Crippen molar-refractivity contribution in [1.82, 2.24) is 9.97 Å². The van der Waals surface area contributed by atoms with Crippen molar-refractivity contribution in [1.29, 1.82) is 0 Å². The topological polar surface area (TPSA) is 44.2 Å². The fraction of sp³-hybridized carbons (Fsp3) is 0.444. The highest BCUT2D eigenvalue weighted by atomic mass is 35.5. The number of hydrogen-bond donors (Lipinski definition) is 0. The molecule has 2 aromatic rings. The van der Waals surface area contributed by atoms with Crippen molar-refractivity contribution in [3.63, 3.8) is 0 Å². The Morgan fingerprint density at radius 1 is 1.17 bits per heavy atom. The van der Waals surface area contributed by atoms with Gasteiger partial charge in [-0.3, -0.25) is 0 Å². The summed E-state index contributed by atoms with van der Waals surface area (Å²) in [5.41, 5.74) is 2.99. The van der Waals surface area contributed by atoms with Crippen LogP contribution in [0.3, 0.4) is 0 Å². The average Bonchev–Trinajstić information content (AvgIpc) is 2.61. The first-order chi connectivity index (χ1) is 11.3. The molecule has 1 aromatic heterocycles. The summed E-state index contributed by atoms with van der Waals surface area (Å²) in [6, 6.07) is 9.71. The molecule has 1 aliphatic heterocycles. The number of halogens is 1. The second-order valence-electron chi connectivity index (χ2n) is 5.67. The summed E-state index contributed by atoms with van der Waals surface area (Å²) in [5, 5.41) is 0.727. The van der Waals surface area contributed by atoms with Crippen LogP contribution in [0.15, 0.2) is 36.7 Å². The maximum atomic E-state index is 5.92. The summed E-state index contributed by atoms with van der Waals surface area (Å²) in [5.74, 6) is 0. The third kappa shape index (κ3) is 4.99. The van der Waals surface area contributed by atoms with Gasteiger partial charge in [-0.25, -0.2) is 9.97 Å². The van der Waals surface area contributed by atoms with Crippen molar-refractivity contribution in [2.45, 2.75) is 38.4 Å². The molecule has 1 aliphatic rings. The highest BCUT2D eigenvalue weighted by Crippen LogP contribution is 2.20. The fourth-order valence-electron chi connectivity index (χ4n) is 2.62. The minimum Gasteiger partial charge on any atom is -0.353 e. The van der Waals surface area contributed by atoms with E-state index in [1.54, 1.807) is 6.33 Å². The summed E-state index contributed by atoms with van der Waals surface area (Å²) < 4.78 is 11.3. The van der Waals surface area contributed by atoms with E-state index in [0.717, 1.165) is 54.3 Å². The van der Waals surface area contributed by atoms with Crippen LogP contribution in [0.2, 0.25) is 5.02 Å². The first kappa shape index (κ1) is 16.4. The van der Waals surface area contributed by atoms with Crippen LogP contribution in [0.1, 0.15) is 31.4 Å². The number of aryl methyl sites for hydroxylation is 1. The SMILES string of the molecule is Clc1ccc(-c2cc(CCCOC3CCCCO3)ncn2)cc1. The van der Waals surface area contributed by atoms with Crippen molar-refractivity contribution >= 4 is 11.6 Å². The van der Waals surface area contributed by atoms with Crippen LogP contribution in [0.5, 0.6) is 0 Å². The zero-order chi connectivity index (χ0) is 15.9. The van der Waals surface area contributed by atoms with Crippen LogP contribution in [0, 0.1) is 0 Å². The molecule has 1 aromatic carbocycles. The van der Waals surface area contributed by atoms with Crippen LogP contribution in [0.25, 0.3) is 11.3 Å². The van der Waals surface area contributed by atoms with Crippen molar-refractivity contribution in [2.75, 3.05) is 13.2 Å². The van der Waals surface area contributed by atoms with Crippen LogP contribution in [-0.4, -0.2) is 29.5 Å². The molecule has 0 N–H and O–H groups in total. The van der Waals surface area contributed by atoms with Gasteiger partial charge in [-0.2, -0.15) is 0 Å². The molecule has 5 heteroatoms. The molecule has 23 heavy (non-hydrogen) atoms. The lowest BCUT2D eigenvalue weighted by Gasteiger charge is -2.22. The molecule has 4 nitrogen and oxygen atoms in total. The molecule has 0 radical (unpaired) electrons. The Kier molecular flexibility index (Phi) is 5.97. The zero-order valence-electron chi connectivity index (χ0n) is 13.1. The largest absolute Gasteiger partial charge is 0.353 e. The van der Waals surface area contributed by atoms with E-state index in [4.69, 9.17) is 21.1 Å². The van der Waals surface area contributed by atoms with E-state index in [1.165, 1.54) is 6.42 Å². The van der Waals surface area contributed by atoms with Gasteiger partial charge in [0.15, 0.2) is 6.29 Å². The van der Waals surface area contributed by atoms with Gasteiger partial charge < -0.3 is 9.47 Å². The molecule has 0 bridgehead atoms. The molecule has 1 atom stereocenters. The smallest absolute Gasteiger partial charge is 0.157 e. The summed E-state index contributed by atoms with van der Waals surface area (Å²) in [6.07, 6.45) is 6.75. The minimum absolute atomic E-state index is 0.0150. The lowest BCUT2D eigenvalue weighted by Crippen LogP contribution is -2.22. The molecule has 3 rings (SSSR count). The van der Waals surface area contributed by atoms with E-state index < -0.39 is 0 Å². The molecule has 0 spiro atoms. The molecular formula is C18H21ClN2O2.